The molecule has 2 aromatic heterocycles. The highest BCUT2D eigenvalue weighted by molar-refractivity contribution is 6.32. The number of rotatable bonds is 4. The molecule has 0 amide bonds. The first-order valence-electron chi connectivity index (χ1n) is 7.47. The van der Waals surface area contributed by atoms with Gasteiger partial charge in [0, 0.05) is 25.5 Å². The number of nitrogens with zero attached hydrogens (tertiary/aromatic N) is 4. The van der Waals surface area contributed by atoms with E-state index in [0.717, 1.165) is 43.1 Å². The van der Waals surface area contributed by atoms with Crippen molar-refractivity contribution < 1.29 is 4.74 Å². The number of aromatic nitrogens is 3. The topological polar surface area (TPSA) is 51.1 Å². The zero-order valence-electron chi connectivity index (χ0n) is 12.6. The van der Waals surface area contributed by atoms with Crippen molar-refractivity contribution in [3.05, 3.63) is 47.1 Å². The SMILES string of the molecule is Cc1ncc(Cl)c(N2CCCC(OCc3cccnc3)C2)n1. The first-order valence-corrected chi connectivity index (χ1v) is 7.85. The number of anilines is 1. The van der Waals surface area contributed by atoms with Gasteiger partial charge in [-0.3, -0.25) is 4.98 Å². The summed E-state index contributed by atoms with van der Waals surface area (Å²) in [6, 6.07) is 3.95. The predicted octanol–water partition coefficient (Wildman–Crippen LogP) is 3.02. The first-order chi connectivity index (χ1) is 10.7. The number of ether oxygens (including phenoxy) is 1. The van der Waals surface area contributed by atoms with Crippen molar-refractivity contribution in [3.8, 4) is 0 Å². The third-order valence-electron chi connectivity index (χ3n) is 3.73. The van der Waals surface area contributed by atoms with Crippen LogP contribution in [0.15, 0.2) is 30.7 Å². The summed E-state index contributed by atoms with van der Waals surface area (Å²) in [6.07, 6.45) is 7.58. The maximum absolute atomic E-state index is 6.23. The molecule has 3 heterocycles. The molecule has 22 heavy (non-hydrogen) atoms. The Morgan fingerprint density at radius 3 is 3.14 bits per heavy atom. The minimum atomic E-state index is 0.181. The van der Waals surface area contributed by atoms with Gasteiger partial charge in [-0.1, -0.05) is 17.7 Å². The highest BCUT2D eigenvalue weighted by atomic mass is 35.5. The lowest BCUT2D eigenvalue weighted by atomic mass is 10.1. The summed E-state index contributed by atoms with van der Waals surface area (Å²) in [4.78, 5) is 14.9. The summed E-state index contributed by atoms with van der Waals surface area (Å²) in [5.41, 5.74) is 1.09. The van der Waals surface area contributed by atoms with Crippen LogP contribution in [0.5, 0.6) is 0 Å². The van der Waals surface area contributed by atoms with E-state index >= 15 is 0 Å². The maximum atomic E-state index is 6.23. The summed E-state index contributed by atoms with van der Waals surface area (Å²) in [6.45, 7) is 4.21. The van der Waals surface area contributed by atoms with Gasteiger partial charge in [0.05, 0.1) is 18.9 Å². The van der Waals surface area contributed by atoms with Crippen LogP contribution >= 0.6 is 11.6 Å². The van der Waals surface area contributed by atoms with E-state index in [4.69, 9.17) is 16.3 Å². The molecule has 6 heteroatoms. The normalized spacial score (nSPS) is 18.5. The molecule has 0 N–H and O–H groups in total. The van der Waals surface area contributed by atoms with Crippen LogP contribution in [0.1, 0.15) is 24.2 Å². The van der Waals surface area contributed by atoms with E-state index < -0.39 is 0 Å². The second kappa shape index (κ2) is 7.03. The van der Waals surface area contributed by atoms with Gasteiger partial charge in [0.15, 0.2) is 5.82 Å². The van der Waals surface area contributed by atoms with Crippen LogP contribution in [0.4, 0.5) is 5.82 Å². The molecular weight excluding hydrogens is 300 g/mol. The summed E-state index contributed by atoms with van der Waals surface area (Å²) < 4.78 is 6.02. The molecule has 1 aliphatic heterocycles. The quantitative estimate of drug-likeness (QED) is 0.867. The van der Waals surface area contributed by atoms with Crippen LogP contribution in [-0.2, 0) is 11.3 Å². The second-order valence-electron chi connectivity index (χ2n) is 5.47. The Labute approximate surface area is 135 Å². The van der Waals surface area contributed by atoms with Gasteiger partial charge < -0.3 is 9.64 Å². The van der Waals surface area contributed by atoms with E-state index in [1.54, 1.807) is 12.4 Å². The molecule has 5 nitrogen and oxygen atoms in total. The van der Waals surface area contributed by atoms with Crippen LogP contribution in [0.2, 0.25) is 5.02 Å². The highest BCUT2D eigenvalue weighted by Gasteiger charge is 2.23. The summed E-state index contributed by atoms with van der Waals surface area (Å²) in [7, 11) is 0. The van der Waals surface area contributed by atoms with Gasteiger partial charge in [0.1, 0.15) is 10.8 Å². The largest absolute Gasteiger partial charge is 0.372 e. The second-order valence-corrected chi connectivity index (χ2v) is 5.88. The molecule has 1 unspecified atom stereocenters. The number of hydrogen-bond donors (Lipinski definition) is 0. The van der Waals surface area contributed by atoms with Crippen molar-refractivity contribution in [3.63, 3.8) is 0 Å². The maximum Gasteiger partial charge on any atom is 0.151 e. The van der Waals surface area contributed by atoms with Crippen molar-refractivity contribution in [2.45, 2.75) is 32.5 Å². The zero-order chi connectivity index (χ0) is 15.4. The van der Waals surface area contributed by atoms with E-state index in [1.165, 1.54) is 0 Å². The number of aryl methyl sites for hydroxylation is 1. The minimum Gasteiger partial charge on any atom is -0.372 e. The Balaban J connectivity index is 1.63. The molecule has 1 saturated heterocycles. The van der Waals surface area contributed by atoms with E-state index in [1.807, 2.05) is 25.3 Å². The van der Waals surface area contributed by atoms with Gasteiger partial charge >= 0.3 is 0 Å². The average Bonchev–Trinajstić information content (AvgIpc) is 2.56. The fraction of sp³-hybridized carbons (Fsp3) is 0.438. The number of hydrogen-bond acceptors (Lipinski definition) is 5. The Morgan fingerprint density at radius 1 is 1.41 bits per heavy atom. The van der Waals surface area contributed by atoms with Crippen LogP contribution in [0.25, 0.3) is 0 Å². The Hall–Kier alpha value is -1.72. The molecule has 1 fully saturated rings. The lowest BCUT2D eigenvalue weighted by Crippen LogP contribution is -2.40. The molecule has 1 atom stereocenters. The van der Waals surface area contributed by atoms with Crippen molar-refractivity contribution in [1.82, 2.24) is 15.0 Å². The third-order valence-corrected chi connectivity index (χ3v) is 4.00. The van der Waals surface area contributed by atoms with Gasteiger partial charge in [0.2, 0.25) is 0 Å². The van der Waals surface area contributed by atoms with Crippen molar-refractivity contribution >= 4 is 17.4 Å². The summed E-state index contributed by atoms with van der Waals surface area (Å²) in [5.74, 6) is 1.54. The molecule has 2 aromatic rings. The van der Waals surface area contributed by atoms with Gasteiger partial charge in [-0.05, 0) is 31.4 Å². The number of pyridine rings is 1. The zero-order valence-corrected chi connectivity index (χ0v) is 13.3. The van der Waals surface area contributed by atoms with E-state index in [0.29, 0.717) is 11.6 Å². The van der Waals surface area contributed by atoms with Gasteiger partial charge in [-0.25, -0.2) is 9.97 Å². The molecule has 0 spiro atoms. The molecule has 0 radical (unpaired) electrons. The molecule has 0 saturated carbocycles. The van der Waals surface area contributed by atoms with Gasteiger partial charge in [0.25, 0.3) is 0 Å². The van der Waals surface area contributed by atoms with Crippen molar-refractivity contribution in [1.29, 1.82) is 0 Å². The Bertz CT molecular complexity index is 623. The minimum absolute atomic E-state index is 0.181. The molecular formula is C16H19ClN4O. The van der Waals surface area contributed by atoms with E-state index in [-0.39, 0.29) is 6.10 Å². The third kappa shape index (κ3) is 3.72. The molecule has 0 aliphatic carbocycles. The standard InChI is InChI=1S/C16H19ClN4O/c1-12-19-9-15(17)16(20-12)21-7-3-5-14(10-21)22-11-13-4-2-6-18-8-13/h2,4,6,8-9,14H,3,5,7,10-11H2,1H3. The number of piperidine rings is 1. The van der Waals surface area contributed by atoms with Crippen LogP contribution in [0.3, 0.4) is 0 Å². The highest BCUT2D eigenvalue weighted by Crippen LogP contribution is 2.26. The lowest BCUT2D eigenvalue weighted by Gasteiger charge is -2.33. The summed E-state index contributed by atoms with van der Waals surface area (Å²) in [5, 5.41) is 0.596. The van der Waals surface area contributed by atoms with Crippen LogP contribution < -0.4 is 4.90 Å². The fourth-order valence-corrected chi connectivity index (χ4v) is 2.84. The number of halogens is 1. The van der Waals surface area contributed by atoms with Gasteiger partial charge in [-0.15, -0.1) is 0 Å². The Kier molecular flexibility index (Phi) is 4.85. The molecule has 116 valence electrons. The van der Waals surface area contributed by atoms with Crippen molar-refractivity contribution in [2.75, 3.05) is 18.0 Å². The van der Waals surface area contributed by atoms with Crippen LogP contribution in [0, 0.1) is 6.92 Å². The molecule has 0 aromatic carbocycles. The fourth-order valence-electron chi connectivity index (χ4n) is 2.63. The summed E-state index contributed by atoms with van der Waals surface area (Å²) >= 11 is 6.23. The van der Waals surface area contributed by atoms with Crippen molar-refractivity contribution in [2.24, 2.45) is 0 Å². The van der Waals surface area contributed by atoms with Gasteiger partial charge in [-0.2, -0.15) is 0 Å². The molecule has 1 aliphatic rings. The lowest BCUT2D eigenvalue weighted by molar-refractivity contribution is 0.0313. The smallest absolute Gasteiger partial charge is 0.151 e. The Morgan fingerprint density at radius 2 is 2.32 bits per heavy atom. The first kappa shape index (κ1) is 15.2. The molecule has 0 bridgehead atoms. The van der Waals surface area contributed by atoms with Crippen LogP contribution in [-0.4, -0.2) is 34.1 Å². The predicted molar refractivity (Wildman–Crippen MR) is 86.0 cm³/mol. The average molecular weight is 319 g/mol. The monoisotopic (exact) mass is 318 g/mol. The molecule has 3 rings (SSSR count). The van der Waals surface area contributed by atoms with E-state index in [2.05, 4.69) is 19.9 Å². The van der Waals surface area contributed by atoms with E-state index in [9.17, 15) is 0 Å².